The lowest BCUT2D eigenvalue weighted by Crippen LogP contribution is -2.31. The molecule has 0 aliphatic carbocycles. The van der Waals surface area contributed by atoms with Gasteiger partial charge < -0.3 is 4.74 Å². The fraction of sp³-hybridized carbons (Fsp3) is 0. The number of imide groups is 1. The molecular formula is C21H12N2O6. The summed E-state index contributed by atoms with van der Waals surface area (Å²) in [4.78, 5) is 49.3. The Morgan fingerprint density at radius 1 is 0.828 bits per heavy atom. The standard InChI is InChI=1S/C21H12N2O6/c24-19-15-5-1-2-6-16(15)20(25)22(19)18-8-4-3-7-17(18)21(26)29-14-11-9-13(10-12-14)23(27)28/h1-12H. The number of carbonyl (C=O) groups excluding carboxylic acids is 3. The van der Waals surface area contributed by atoms with Crippen molar-refractivity contribution in [2.45, 2.75) is 0 Å². The molecule has 8 nitrogen and oxygen atoms in total. The van der Waals surface area contributed by atoms with Crippen molar-refractivity contribution in [2.24, 2.45) is 0 Å². The average molecular weight is 388 g/mol. The average Bonchev–Trinajstić information content (AvgIpc) is 2.99. The maximum absolute atomic E-state index is 12.7. The molecule has 2 amide bonds. The van der Waals surface area contributed by atoms with Crippen LogP contribution in [0.5, 0.6) is 5.75 Å². The number of non-ortho nitro benzene ring substituents is 1. The van der Waals surface area contributed by atoms with Crippen LogP contribution in [0.15, 0.2) is 72.8 Å². The van der Waals surface area contributed by atoms with E-state index in [-0.39, 0.29) is 33.8 Å². The Kier molecular flexibility index (Phi) is 4.36. The second kappa shape index (κ2) is 7.01. The third kappa shape index (κ3) is 3.12. The molecule has 3 aromatic carbocycles. The van der Waals surface area contributed by atoms with Gasteiger partial charge in [-0.25, -0.2) is 9.69 Å². The number of nitrogens with zero attached hydrogens (tertiary/aromatic N) is 2. The minimum absolute atomic E-state index is 0.0142. The lowest BCUT2D eigenvalue weighted by molar-refractivity contribution is -0.384. The van der Waals surface area contributed by atoms with Crippen molar-refractivity contribution >= 4 is 29.2 Å². The van der Waals surface area contributed by atoms with Crippen molar-refractivity contribution in [1.82, 2.24) is 0 Å². The summed E-state index contributed by atoms with van der Waals surface area (Å²) in [5.41, 5.74) is 0.495. The van der Waals surface area contributed by atoms with E-state index < -0.39 is 22.7 Å². The minimum Gasteiger partial charge on any atom is -0.423 e. The lowest BCUT2D eigenvalue weighted by Gasteiger charge is -2.17. The van der Waals surface area contributed by atoms with Crippen LogP contribution >= 0.6 is 0 Å². The van der Waals surface area contributed by atoms with Crippen molar-refractivity contribution in [3.63, 3.8) is 0 Å². The Balaban J connectivity index is 1.65. The highest BCUT2D eigenvalue weighted by molar-refractivity contribution is 6.35. The highest BCUT2D eigenvalue weighted by atomic mass is 16.6. The number of fused-ring (bicyclic) bond motifs is 1. The number of nitro benzene ring substituents is 1. The van der Waals surface area contributed by atoms with Gasteiger partial charge in [0.2, 0.25) is 0 Å². The number of ether oxygens (including phenoxy) is 1. The van der Waals surface area contributed by atoms with Gasteiger partial charge in [-0.15, -0.1) is 0 Å². The summed E-state index contributed by atoms with van der Waals surface area (Å²) in [6, 6.07) is 17.5. The highest BCUT2D eigenvalue weighted by Gasteiger charge is 2.38. The molecule has 8 heteroatoms. The van der Waals surface area contributed by atoms with Crippen LogP contribution in [-0.4, -0.2) is 22.7 Å². The summed E-state index contributed by atoms with van der Waals surface area (Å²) < 4.78 is 5.27. The first-order valence-electron chi connectivity index (χ1n) is 8.51. The van der Waals surface area contributed by atoms with Gasteiger partial charge in [0, 0.05) is 12.1 Å². The molecule has 0 fully saturated rings. The van der Waals surface area contributed by atoms with E-state index in [2.05, 4.69) is 0 Å². The van der Waals surface area contributed by atoms with Crippen LogP contribution in [0, 0.1) is 10.1 Å². The van der Waals surface area contributed by atoms with E-state index >= 15 is 0 Å². The number of rotatable bonds is 4. The third-order valence-electron chi connectivity index (χ3n) is 4.42. The number of esters is 1. The van der Waals surface area contributed by atoms with E-state index in [0.29, 0.717) is 0 Å². The molecule has 3 aromatic rings. The van der Waals surface area contributed by atoms with Crippen molar-refractivity contribution < 1.29 is 24.0 Å². The molecule has 29 heavy (non-hydrogen) atoms. The molecule has 4 rings (SSSR count). The topological polar surface area (TPSA) is 107 Å². The number of amides is 2. The molecule has 0 saturated carbocycles. The molecule has 1 aliphatic rings. The van der Waals surface area contributed by atoms with E-state index in [4.69, 9.17) is 4.74 Å². The molecule has 0 bridgehead atoms. The number of anilines is 1. The number of para-hydroxylation sites is 1. The monoisotopic (exact) mass is 388 g/mol. The number of benzene rings is 3. The number of hydrogen-bond donors (Lipinski definition) is 0. The van der Waals surface area contributed by atoms with Gasteiger partial charge in [0.05, 0.1) is 27.3 Å². The Labute approximate surface area is 164 Å². The normalized spacial score (nSPS) is 12.6. The Morgan fingerprint density at radius 3 is 1.97 bits per heavy atom. The maximum atomic E-state index is 12.7. The Hall–Kier alpha value is -4.33. The van der Waals surface area contributed by atoms with Gasteiger partial charge in [-0.2, -0.15) is 0 Å². The molecule has 0 N–H and O–H groups in total. The molecule has 1 heterocycles. The van der Waals surface area contributed by atoms with E-state index in [0.717, 1.165) is 4.90 Å². The van der Waals surface area contributed by atoms with Crippen LogP contribution in [0.1, 0.15) is 31.1 Å². The van der Waals surface area contributed by atoms with E-state index in [1.807, 2.05) is 0 Å². The summed E-state index contributed by atoms with van der Waals surface area (Å²) in [5, 5.41) is 10.7. The first-order valence-corrected chi connectivity index (χ1v) is 8.51. The SMILES string of the molecule is O=C(Oc1ccc([N+](=O)[O-])cc1)c1ccccc1N1C(=O)c2ccccc2C1=O. The first-order chi connectivity index (χ1) is 14.0. The van der Waals surface area contributed by atoms with Crippen molar-refractivity contribution in [1.29, 1.82) is 0 Å². The second-order valence-corrected chi connectivity index (χ2v) is 6.15. The zero-order chi connectivity index (χ0) is 20.5. The molecule has 1 aliphatic heterocycles. The zero-order valence-electron chi connectivity index (χ0n) is 14.8. The molecule has 0 spiro atoms. The maximum Gasteiger partial charge on any atom is 0.345 e. The van der Waals surface area contributed by atoms with Crippen LogP contribution in [0.25, 0.3) is 0 Å². The smallest absolute Gasteiger partial charge is 0.345 e. The van der Waals surface area contributed by atoms with Gasteiger partial charge in [0.15, 0.2) is 0 Å². The van der Waals surface area contributed by atoms with Crippen LogP contribution in [0.2, 0.25) is 0 Å². The van der Waals surface area contributed by atoms with Gasteiger partial charge in [-0.3, -0.25) is 19.7 Å². The van der Waals surface area contributed by atoms with Crippen LogP contribution < -0.4 is 9.64 Å². The molecule has 0 radical (unpaired) electrons. The summed E-state index contributed by atoms with van der Waals surface area (Å²) in [7, 11) is 0. The quantitative estimate of drug-likeness (QED) is 0.222. The summed E-state index contributed by atoms with van der Waals surface area (Å²) in [5.74, 6) is -1.76. The number of carbonyl (C=O) groups is 3. The summed E-state index contributed by atoms with van der Waals surface area (Å²) >= 11 is 0. The van der Waals surface area contributed by atoms with Crippen molar-refractivity contribution in [3.8, 4) is 5.75 Å². The summed E-state index contributed by atoms with van der Waals surface area (Å²) in [6.07, 6.45) is 0. The molecule has 142 valence electrons. The van der Waals surface area contributed by atoms with Crippen LogP contribution in [0.3, 0.4) is 0 Å². The Bertz CT molecular complexity index is 1130. The molecule has 0 saturated heterocycles. The first kappa shape index (κ1) is 18.1. The van der Waals surface area contributed by atoms with Crippen molar-refractivity contribution in [2.75, 3.05) is 4.90 Å². The van der Waals surface area contributed by atoms with Gasteiger partial charge in [-0.05, 0) is 36.4 Å². The minimum atomic E-state index is -0.800. The highest BCUT2D eigenvalue weighted by Crippen LogP contribution is 2.31. The van der Waals surface area contributed by atoms with Gasteiger partial charge >= 0.3 is 5.97 Å². The largest absolute Gasteiger partial charge is 0.423 e. The predicted molar refractivity (Wildman–Crippen MR) is 102 cm³/mol. The van der Waals surface area contributed by atoms with Gasteiger partial charge in [0.25, 0.3) is 17.5 Å². The number of nitro groups is 1. The van der Waals surface area contributed by atoms with Gasteiger partial charge in [0.1, 0.15) is 5.75 Å². The third-order valence-corrected chi connectivity index (χ3v) is 4.42. The molecule has 0 aromatic heterocycles. The van der Waals surface area contributed by atoms with Crippen LogP contribution in [-0.2, 0) is 0 Å². The van der Waals surface area contributed by atoms with E-state index in [9.17, 15) is 24.5 Å². The van der Waals surface area contributed by atoms with E-state index in [1.54, 1.807) is 36.4 Å². The lowest BCUT2D eigenvalue weighted by atomic mass is 10.1. The predicted octanol–water partition coefficient (Wildman–Crippen LogP) is 3.61. The summed E-state index contributed by atoms with van der Waals surface area (Å²) in [6.45, 7) is 0. The van der Waals surface area contributed by atoms with E-state index in [1.165, 1.54) is 36.4 Å². The number of hydrogen-bond acceptors (Lipinski definition) is 6. The fourth-order valence-electron chi connectivity index (χ4n) is 3.05. The molecule has 0 unspecified atom stereocenters. The molecule has 0 atom stereocenters. The van der Waals surface area contributed by atoms with Crippen LogP contribution in [0.4, 0.5) is 11.4 Å². The van der Waals surface area contributed by atoms with Crippen molar-refractivity contribution in [3.05, 3.63) is 99.6 Å². The molecular weight excluding hydrogens is 376 g/mol. The zero-order valence-corrected chi connectivity index (χ0v) is 14.8. The van der Waals surface area contributed by atoms with Gasteiger partial charge in [-0.1, -0.05) is 24.3 Å². The fourth-order valence-corrected chi connectivity index (χ4v) is 3.05. The second-order valence-electron chi connectivity index (χ2n) is 6.15. The Morgan fingerprint density at radius 2 is 1.38 bits per heavy atom.